The topological polar surface area (TPSA) is 64.7 Å². The first-order valence-corrected chi connectivity index (χ1v) is 7.16. The van der Waals surface area contributed by atoms with E-state index < -0.39 is 0 Å². The molecule has 0 aliphatic rings. The molecule has 0 fully saturated rings. The van der Waals surface area contributed by atoms with E-state index >= 15 is 0 Å². The van der Waals surface area contributed by atoms with Gasteiger partial charge in [-0.2, -0.15) is 10.2 Å². The molecule has 0 spiro atoms. The van der Waals surface area contributed by atoms with Gasteiger partial charge >= 0.3 is 0 Å². The molecule has 0 radical (unpaired) electrons. The average Bonchev–Trinajstić information content (AvgIpc) is 3.18. The normalized spacial score (nSPS) is 10.6. The summed E-state index contributed by atoms with van der Waals surface area (Å²) in [6.45, 7) is 3.39. The Labute approximate surface area is 128 Å². The number of nitrogens with one attached hydrogen (secondary N) is 1. The van der Waals surface area contributed by atoms with Gasteiger partial charge in [0.2, 0.25) is 0 Å². The van der Waals surface area contributed by atoms with Crippen molar-refractivity contribution in [2.75, 3.05) is 5.32 Å². The van der Waals surface area contributed by atoms with Crippen LogP contribution in [-0.4, -0.2) is 25.5 Å². The number of benzene rings is 1. The van der Waals surface area contributed by atoms with Crippen molar-refractivity contribution < 1.29 is 4.79 Å². The summed E-state index contributed by atoms with van der Waals surface area (Å²) in [5.41, 5.74) is 2.24. The highest BCUT2D eigenvalue weighted by molar-refractivity contribution is 6.02. The van der Waals surface area contributed by atoms with Gasteiger partial charge in [0.1, 0.15) is 0 Å². The monoisotopic (exact) mass is 295 g/mol. The van der Waals surface area contributed by atoms with E-state index in [1.807, 2.05) is 48.1 Å². The molecule has 3 aromatic rings. The van der Waals surface area contributed by atoms with Crippen molar-refractivity contribution in [3.63, 3.8) is 0 Å². The zero-order valence-corrected chi connectivity index (χ0v) is 12.3. The van der Waals surface area contributed by atoms with Gasteiger partial charge in [0.25, 0.3) is 5.91 Å². The molecule has 0 unspecified atom stereocenters. The molecule has 1 N–H and O–H groups in total. The maximum absolute atomic E-state index is 12.2. The van der Waals surface area contributed by atoms with Crippen LogP contribution in [0.3, 0.4) is 0 Å². The van der Waals surface area contributed by atoms with Gasteiger partial charge in [-0.3, -0.25) is 14.2 Å². The van der Waals surface area contributed by atoms with Crippen LogP contribution < -0.4 is 5.32 Å². The van der Waals surface area contributed by atoms with Crippen LogP contribution in [0.4, 0.5) is 5.69 Å². The number of nitrogens with zero attached hydrogens (tertiary/aromatic N) is 4. The lowest BCUT2D eigenvalue weighted by Gasteiger charge is -2.07. The molecule has 6 heteroatoms. The molecule has 0 atom stereocenters. The number of aryl methyl sites for hydroxylation is 1. The predicted octanol–water partition coefficient (Wildman–Crippen LogP) is 2.40. The Balaban J connectivity index is 1.70. The highest BCUT2D eigenvalue weighted by Crippen LogP contribution is 2.13. The largest absolute Gasteiger partial charge is 0.321 e. The quantitative estimate of drug-likeness (QED) is 0.786. The number of amides is 1. The van der Waals surface area contributed by atoms with Gasteiger partial charge in [0.05, 0.1) is 6.54 Å². The van der Waals surface area contributed by atoms with Crippen LogP contribution in [0.25, 0.3) is 0 Å². The molecule has 2 aromatic heterocycles. The molecule has 6 nitrogen and oxygen atoms in total. The van der Waals surface area contributed by atoms with Gasteiger partial charge in [-0.05, 0) is 36.8 Å². The fraction of sp³-hybridized carbons (Fsp3) is 0.188. The molecule has 0 saturated heterocycles. The molecule has 1 amide bonds. The summed E-state index contributed by atoms with van der Waals surface area (Å²) in [6, 6.07) is 11.3. The summed E-state index contributed by atoms with van der Waals surface area (Å²) in [5, 5.41) is 11.2. The van der Waals surface area contributed by atoms with E-state index in [0.717, 1.165) is 17.8 Å². The second kappa shape index (κ2) is 6.26. The molecule has 0 bridgehead atoms. The van der Waals surface area contributed by atoms with Crippen molar-refractivity contribution in [1.82, 2.24) is 19.6 Å². The van der Waals surface area contributed by atoms with Crippen molar-refractivity contribution in [3.8, 4) is 0 Å². The minimum absolute atomic E-state index is 0.205. The van der Waals surface area contributed by atoms with Gasteiger partial charge in [-0.25, -0.2) is 0 Å². The Hall–Kier alpha value is -2.89. The zero-order valence-electron chi connectivity index (χ0n) is 12.3. The van der Waals surface area contributed by atoms with Crippen LogP contribution in [0, 0.1) is 0 Å². The number of carbonyl (C=O) groups is 1. The van der Waals surface area contributed by atoms with Gasteiger partial charge < -0.3 is 5.32 Å². The lowest BCUT2D eigenvalue weighted by Crippen LogP contribution is -2.13. The molecule has 0 aliphatic carbocycles. The molecule has 1 aromatic carbocycles. The van der Waals surface area contributed by atoms with Crippen LogP contribution in [0.2, 0.25) is 0 Å². The van der Waals surface area contributed by atoms with E-state index in [2.05, 4.69) is 15.5 Å². The lowest BCUT2D eigenvalue weighted by atomic mass is 10.2. The van der Waals surface area contributed by atoms with E-state index in [1.54, 1.807) is 23.1 Å². The van der Waals surface area contributed by atoms with Gasteiger partial charge in [-0.15, -0.1) is 0 Å². The average molecular weight is 295 g/mol. The molecule has 112 valence electrons. The summed E-state index contributed by atoms with van der Waals surface area (Å²) in [5.74, 6) is -0.205. The first-order chi connectivity index (χ1) is 10.7. The van der Waals surface area contributed by atoms with Crippen molar-refractivity contribution in [2.45, 2.75) is 20.0 Å². The molecular formula is C16H17N5O. The van der Waals surface area contributed by atoms with E-state index in [9.17, 15) is 4.79 Å². The fourth-order valence-electron chi connectivity index (χ4n) is 2.18. The number of rotatable bonds is 5. The van der Waals surface area contributed by atoms with Crippen molar-refractivity contribution in [3.05, 3.63) is 66.2 Å². The molecular weight excluding hydrogens is 278 g/mol. The Morgan fingerprint density at radius 2 is 2.09 bits per heavy atom. The minimum atomic E-state index is -0.205. The number of anilines is 1. The van der Waals surface area contributed by atoms with Crippen molar-refractivity contribution in [2.24, 2.45) is 0 Å². The van der Waals surface area contributed by atoms with Crippen LogP contribution >= 0.6 is 0 Å². The summed E-state index contributed by atoms with van der Waals surface area (Å²) < 4.78 is 3.56. The molecule has 2 heterocycles. The Kier molecular flexibility index (Phi) is 4.00. The van der Waals surface area contributed by atoms with E-state index in [1.165, 1.54) is 0 Å². The summed E-state index contributed by atoms with van der Waals surface area (Å²) in [4.78, 5) is 12.2. The predicted molar refractivity (Wildman–Crippen MR) is 83.6 cm³/mol. The number of hydrogen-bond acceptors (Lipinski definition) is 3. The summed E-state index contributed by atoms with van der Waals surface area (Å²) in [7, 11) is 0. The first-order valence-electron chi connectivity index (χ1n) is 7.16. The number of carbonyl (C=O) groups excluding carboxylic acids is 1. The lowest BCUT2D eigenvalue weighted by molar-refractivity contribution is 0.102. The third-order valence-electron chi connectivity index (χ3n) is 3.29. The zero-order chi connectivity index (χ0) is 15.4. The van der Waals surface area contributed by atoms with Crippen LogP contribution in [0.5, 0.6) is 0 Å². The molecule has 3 rings (SSSR count). The van der Waals surface area contributed by atoms with E-state index in [4.69, 9.17) is 0 Å². The molecule has 0 saturated carbocycles. The molecule has 22 heavy (non-hydrogen) atoms. The second-order valence-corrected chi connectivity index (χ2v) is 4.91. The highest BCUT2D eigenvalue weighted by atomic mass is 16.1. The Morgan fingerprint density at radius 3 is 2.82 bits per heavy atom. The third-order valence-corrected chi connectivity index (χ3v) is 3.29. The molecule has 0 aliphatic heterocycles. The third kappa shape index (κ3) is 3.22. The standard InChI is InChI=1S/C16H17N5O/c1-2-20-10-7-15(19-20)16(22)18-14-6-3-5-13(11-14)12-21-9-4-8-17-21/h3-11H,2,12H2,1H3,(H,18,22). The maximum atomic E-state index is 12.2. The number of hydrogen-bond donors (Lipinski definition) is 1. The minimum Gasteiger partial charge on any atom is -0.321 e. The highest BCUT2D eigenvalue weighted by Gasteiger charge is 2.09. The first kappa shape index (κ1) is 14.1. The maximum Gasteiger partial charge on any atom is 0.276 e. The van der Waals surface area contributed by atoms with Gasteiger partial charge in [0.15, 0.2) is 5.69 Å². The Bertz CT molecular complexity index is 760. The summed E-state index contributed by atoms with van der Waals surface area (Å²) in [6.07, 6.45) is 5.45. The Morgan fingerprint density at radius 1 is 1.18 bits per heavy atom. The van der Waals surface area contributed by atoms with Crippen LogP contribution in [0.15, 0.2) is 55.0 Å². The van der Waals surface area contributed by atoms with Gasteiger partial charge in [-0.1, -0.05) is 12.1 Å². The van der Waals surface area contributed by atoms with Crippen molar-refractivity contribution >= 4 is 11.6 Å². The fourth-order valence-corrected chi connectivity index (χ4v) is 2.18. The van der Waals surface area contributed by atoms with Crippen LogP contribution in [-0.2, 0) is 13.1 Å². The van der Waals surface area contributed by atoms with Gasteiger partial charge in [0, 0.05) is 30.8 Å². The number of aromatic nitrogens is 4. The van der Waals surface area contributed by atoms with Crippen molar-refractivity contribution in [1.29, 1.82) is 0 Å². The van der Waals surface area contributed by atoms with E-state index in [-0.39, 0.29) is 5.91 Å². The van der Waals surface area contributed by atoms with E-state index in [0.29, 0.717) is 12.2 Å². The second-order valence-electron chi connectivity index (χ2n) is 4.91. The smallest absolute Gasteiger partial charge is 0.276 e. The van der Waals surface area contributed by atoms with Crippen LogP contribution in [0.1, 0.15) is 23.0 Å². The SMILES string of the molecule is CCn1ccc(C(=O)Nc2cccc(Cn3cccn3)c2)n1. The summed E-state index contributed by atoms with van der Waals surface area (Å²) >= 11 is 0.